The van der Waals surface area contributed by atoms with Gasteiger partial charge in [0.05, 0.1) is 17.5 Å². The molecular formula is C14H15FN2O2. The third-order valence-electron chi connectivity index (χ3n) is 3.01. The van der Waals surface area contributed by atoms with Gasteiger partial charge in [0.15, 0.2) is 0 Å². The Balaban J connectivity index is 2.64. The lowest BCUT2D eigenvalue weighted by Gasteiger charge is -2.09. The summed E-state index contributed by atoms with van der Waals surface area (Å²) >= 11 is 0. The van der Waals surface area contributed by atoms with Crippen LogP contribution in [0.4, 0.5) is 4.39 Å². The van der Waals surface area contributed by atoms with Crippen molar-refractivity contribution in [2.45, 2.75) is 26.8 Å². The van der Waals surface area contributed by atoms with Gasteiger partial charge in [-0.2, -0.15) is 5.10 Å². The van der Waals surface area contributed by atoms with Gasteiger partial charge < -0.3 is 5.11 Å². The van der Waals surface area contributed by atoms with Crippen LogP contribution in [0.5, 0.6) is 0 Å². The van der Waals surface area contributed by atoms with Gasteiger partial charge in [-0.25, -0.2) is 9.18 Å². The quantitative estimate of drug-likeness (QED) is 0.921. The number of halogens is 1. The summed E-state index contributed by atoms with van der Waals surface area (Å²) in [4.78, 5) is 11.0. The highest BCUT2D eigenvalue weighted by Crippen LogP contribution is 2.26. The number of carboxylic acid groups (broad SMARTS) is 1. The molecule has 1 N–H and O–H groups in total. The highest BCUT2D eigenvalue weighted by molar-refractivity contribution is 5.89. The normalized spacial score (nSPS) is 10.7. The van der Waals surface area contributed by atoms with E-state index in [1.807, 2.05) is 13.8 Å². The highest BCUT2D eigenvalue weighted by atomic mass is 19.1. The average molecular weight is 262 g/mol. The maximum Gasteiger partial charge on any atom is 0.335 e. The molecule has 1 aromatic heterocycles. The van der Waals surface area contributed by atoms with Gasteiger partial charge in [0, 0.05) is 12.1 Å². The van der Waals surface area contributed by atoms with Crippen LogP contribution >= 0.6 is 0 Å². The Hall–Kier alpha value is -2.17. The SMILES string of the molecule is CCc1cnn(CC)c1-c1cc(F)cc(C(=O)O)c1. The van der Waals surface area contributed by atoms with Crippen LogP contribution in [0.3, 0.4) is 0 Å². The van der Waals surface area contributed by atoms with Crippen LogP contribution in [-0.4, -0.2) is 20.9 Å². The zero-order valence-electron chi connectivity index (χ0n) is 10.9. The zero-order valence-corrected chi connectivity index (χ0v) is 10.9. The Kier molecular flexibility index (Phi) is 3.64. The van der Waals surface area contributed by atoms with E-state index in [9.17, 15) is 9.18 Å². The number of hydrogen-bond acceptors (Lipinski definition) is 2. The van der Waals surface area contributed by atoms with Crippen molar-refractivity contribution >= 4 is 5.97 Å². The Morgan fingerprint density at radius 2 is 2.11 bits per heavy atom. The Morgan fingerprint density at radius 3 is 2.68 bits per heavy atom. The van der Waals surface area contributed by atoms with Crippen molar-refractivity contribution in [3.63, 3.8) is 0 Å². The van der Waals surface area contributed by atoms with E-state index in [2.05, 4.69) is 5.10 Å². The first-order valence-electron chi connectivity index (χ1n) is 6.15. The number of benzene rings is 1. The number of aryl methyl sites for hydroxylation is 2. The molecule has 0 saturated heterocycles. The summed E-state index contributed by atoms with van der Waals surface area (Å²) < 4.78 is 15.3. The van der Waals surface area contributed by atoms with Crippen LogP contribution < -0.4 is 0 Å². The molecule has 2 rings (SSSR count). The lowest BCUT2D eigenvalue weighted by molar-refractivity contribution is 0.0696. The summed E-state index contributed by atoms with van der Waals surface area (Å²) in [5.41, 5.74) is 2.25. The second kappa shape index (κ2) is 5.22. The topological polar surface area (TPSA) is 55.1 Å². The fourth-order valence-corrected chi connectivity index (χ4v) is 2.11. The predicted molar refractivity (Wildman–Crippen MR) is 69.6 cm³/mol. The highest BCUT2D eigenvalue weighted by Gasteiger charge is 2.14. The molecule has 5 heteroatoms. The summed E-state index contributed by atoms with van der Waals surface area (Å²) in [6, 6.07) is 3.84. The molecule has 0 radical (unpaired) electrons. The van der Waals surface area contributed by atoms with Crippen molar-refractivity contribution in [1.29, 1.82) is 0 Å². The summed E-state index contributed by atoms with van der Waals surface area (Å²) in [6.45, 7) is 4.57. The van der Waals surface area contributed by atoms with Crippen molar-refractivity contribution in [1.82, 2.24) is 9.78 Å². The zero-order chi connectivity index (χ0) is 14.0. The first-order valence-corrected chi connectivity index (χ1v) is 6.15. The average Bonchev–Trinajstić information content (AvgIpc) is 2.80. The number of nitrogens with zero attached hydrogens (tertiary/aromatic N) is 2. The second-order valence-electron chi connectivity index (χ2n) is 4.22. The molecule has 0 atom stereocenters. The van der Waals surface area contributed by atoms with E-state index in [1.165, 1.54) is 12.1 Å². The summed E-state index contributed by atoms with van der Waals surface area (Å²) in [7, 11) is 0. The molecule has 0 aliphatic carbocycles. The molecule has 0 amide bonds. The lowest BCUT2D eigenvalue weighted by Crippen LogP contribution is -2.03. The van der Waals surface area contributed by atoms with E-state index in [0.717, 1.165) is 23.7 Å². The smallest absolute Gasteiger partial charge is 0.335 e. The molecule has 1 heterocycles. The second-order valence-corrected chi connectivity index (χ2v) is 4.22. The standard InChI is InChI=1S/C14H15FN2O2/c1-3-9-8-16-17(4-2)13(9)10-5-11(14(18)19)7-12(15)6-10/h5-8H,3-4H2,1-2H3,(H,18,19). The van der Waals surface area contributed by atoms with Gasteiger partial charge >= 0.3 is 5.97 Å². The van der Waals surface area contributed by atoms with Crippen molar-refractivity contribution in [2.75, 3.05) is 0 Å². The summed E-state index contributed by atoms with van der Waals surface area (Å²) in [5.74, 6) is -1.69. The van der Waals surface area contributed by atoms with Crippen molar-refractivity contribution < 1.29 is 14.3 Å². The molecule has 0 fully saturated rings. The van der Waals surface area contributed by atoms with Crippen molar-refractivity contribution in [2.24, 2.45) is 0 Å². The molecule has 0 aliphatic rings. The number of carbonyl (C=O) groups is 1. The number of rotatable bonds is 4. The fraction of sp³-hybridized carbons (Fsp3) is 0.286. The monoisotopic (exact) mass is 262 g/mol. The van der Waals surface area contributed by atoms with Gasteiger partial charge in [-0.05, 0) is 37.1 Å². The number of aromatic carboxylic acids is 1. The maximum absolute atomic E-state index is 13.6. The van der Waals surface area contributed by atoms with E-state index in [4.69, 9.17) is 5.11 Å². The minimum Gasteiger partial charge on any atom is -0.478 e. The van der Waals surface area contributed by atoms with E-state index < -0.39 is 11.8 Å². The summed E-state index contributed by atoms with van der Waals surface area (Å²) in [6.07, 6.45) is 2.50. The first-order chi connectivity index (χ1) is 9.06. The predicted octanol–water partition coefficient (Wildman–Crippen LogP) is 2.97. The van der Waals surface area contributed by atoms with E-state index in [-0.39, 0.29) is 5.56 Å². The molecule has 0 spiro atoms. The maximum atomic E-state index is 13.6. The van der Waals surface area contributed by atoms with Gasteiger partial charge in [-0.1, -0.05) is 6.92 Å². The lowest BCUT2D eigenvalue weighted by atomic mass is 10.0. The van der Waals surface area contributed by atoms with E-state index >= 15 is 0 Å². The van der Waals surface area contributed by atoms with Gasteiger partial charge in [0.1, 0.15) is 5.82 Å². The number of aromatic nitrogens is 2. The first kappa shape index (κ1) is 13.3. The fourth-order valence-electron chi connectivity index (χ4n) is 2.11. The van der Waals surface area contributed by atoms with Crippen LogP contribution in [0.25, 0.3) is 11.3 Å². The third kappa shape index (κ3) is 2.50. The van der Waals surface area contributed by atoms with Crippen LogP contribution in [-0.2, 0) is 13.0 Å². The van der Waals surface area contributed by atoms with Crippen LogP contribution in [0.1, 0.15) is 29.8 Å². The van der Waals surface area contributed by atoms with E-state index in [1.54, 1.807) is 10.9 Å². The molecular weight excluding hydrogens is 247 g/mol. The molecule has 0 bridgehead atoms. The molecule has 0 aliphatic heterocycles. The Morgan fingerprint density at radius 1 is 1.37 bits per heavy atom. The summed E-state index contributed by atoms with van der Waals surface area (Å²) in [5, 5.41) is 13.2. The minimum absolute atomic E-state index is 0.0547. The van der Waals surface area contributed by atoms with Gasteiger partial charge in [0.25, 0.3) is 0 Å². The number of hydrogen-bond donors (Lipinski definition) is 1. The number of carboxylic acids is 1. The van der Waals surface area contributed by atoms with Crippen LogP contribution in [0.2, 0.25) is 0 Å². The van der Waals surface area contributed by atoms with Crippen molar-refractivity contribution in [3.8, 4) is 11.3 Å². The van der Waals surface area contributed by atoms with Gasteiger partial charge in [0.2, 0.25) is 0 Å². The third-order valence-corrected chi connectivity index (χ3v) is 3.01. The van der Waals surface area contributed by atoms with E-state index in [0.29, 0.717) is 12.1 Å². The Labute approximate surface area is 110 Å². The molecule has 4 nitrogen and oxygen atoms in total. The Bertz CT molecular complexity index is 598. The minimum atomic E-state index is -1.14. The van der Waals surface area contributed by atoms with Crippen LogP contribution in [0, 0.1) is 5.82 Å². The largest absolute Gasteiger partial charge is 0.478 e. The molecule has 2 aromatic rings. The van der Waals surface area contributed by atoms with Crippen molar-refractivity contribution in [3.05, 3.63) is 41.3 Å². The van der Waals surface area contributed by atoms with Gasteiger partial charge in [-0.15, -0.1) is 0 Å². The molecule has 1 aromatic carbocycles. The molecule has 0 unspecified atom stereocenters. The molecule has 0 saturated carbocycles. The van der Waals surface area contributed by atoms with Gasteiger partial charge in [-0.3, -0.25) is 4.68 Å². The molecule has 19 heavy (non-hydrogen) atoms. The molecule has 100 valence electrons. The van der Waals surface area contributed by atoms with Crippen LogP contribution in [0.15, 0.2) is 24.4 Å².